The fourth-order valence-electron chi connectivity index (χ4n) is 6.54. The van der Waals surface area contributed by atoms with Crippen LogP contribution in [-0.4, -0.2) is 19.3 Å². The van der Waals surface area contributed by atoms with Crippen LogP contribution in [0, 0.1) is 0 Å². The van der Waals surface area contributed by atoms with Crippen LogP contribution in [0.3, 0.4) is 0 Å². The van der Waals surface area contributed by atoms with Crippen molar-refractivity contribution in [1.29, 1.82) is 0 Å². The Morgan fingerprint density at radius 1 is 0.590 bits per heavy atom. The molecular formula is C35H26N4. The van der Waals surface area contributed by atoms with Gasteiger partial charge in [0.05, 0.1) is 22.4 Å². The maximum absolute atomic E-state index is 4.91. The lowest BCUT2D eigenvalue weighted by Crippen LogP contribution is -2.30. The summed E-state index contributed by atoms with van der Waals surface area (Å²) in [6.45, 7) is 0. The molecule has 0 N–H and O–H groups in total. The van der Waals surface area contributed by atoms with E-state index in [1.165, 1.54) is 38.5 Å². The minimum atomic E-state index is -0.208. The molecule has 0 spiro atoms. The molecule has 0 unspecified atom stereocenters. The molecule has 0 saturated heterocycles. The van der Waals surface area contributed by atoms with Gasteiger partial charge in [-0.25, -0.2) is 4.68 Å². The zero-order chi connectivity index (χ0) is 25.8. The molecule has 0 bridgehead atoms. The van der Waals surface area contributed by atoms with Crippen molar-refractivity contribution in [3.05, 3.63) is 156 Å². The summed E-state index contributed by atoms with van der Waals surface area (Å²) in [5.74, 6) is 0. The SMILES string of the molecule is c1ccc(C2(c3cccc(-n4c5ccccc5c5ccc(-n6cccn6)cc54)c3)Cc3ccccc3C2)nc1. The maximum Gasteiger partial charge on any atom is 0.0666 e. The third-order valence-electron chi connectivity index (χ3n) is 8.34. The molecule has 0 radical (unpaired) electrons. The van der Waals surface area contributed by atoms with Gasteiger partial charge in [-0.15, -0.1) is 0 Å². The Balaban J connectivity index is 1.36. The summed E-state index contributed by atoms with van der Waals surface area (Å²) in [6, 6.07) is 41.5. The molecule has 8 rings (SSSR count). The molecule has 39 heavy (non-hydrogen) atoms. The highest BCUT2D eigenvalue weighted by atomic mass is 15.3. The van der Waals surface area contributed by atoms with Gasteiger partial charge in [-0.2, -0.15) is 5.10 Å². The number of hydrogen-bond acceptors (Lipinski definition) is 2. The molecule has 1 aliphatic carbocycles. The van der Waals surface area contributed by atoms with Gasteiger partial charge in [0.1, 0.15) is 0 Å². The van der Waals surface area contributed by atoms with Gasteiger partial charge in [0, 0.05) is 40.5 Å². The van der Waals surface area contributed by atoms with Crippen LogP contribution in [0.2, 0.25) is 0 Å². The standard InChI is InChI=1S/C35H26N4/c1-2-10-26-24-35(23-25(26)9-1,34-15-5-6-18-36-34)27-11-7-12-29(21-27)39-32-14-4-3-13-30(32)31-17-16-28(22-33(31)39)38-20-8-19-37-38/h1-22H,23-24H2. The van der Waals surface area contributed by atoms with E-state index in [0.717, 1.165) is 29.9 Å². The minimum Gasteiger partial charge on any atom is -0.309 e. The van der Waals surface area contributed by atoms with Crippen LogP contribution in [0.25, 0.3) is 33.2 Å². The van der Waals surface area contributed by atoms with Crippen molar-refractivity contribution in [1.82, 2.24) is 19.3 Å². The molecule has 186 valence electrons. The topological polar surface area (TPSA) is 35.6 Å². The number of hydrogen-bond donors (Lipinski definition) is 0. The van der Waals surface area contributed by atoms with Crippen molar-refractivity contribution in [3.63, 3.8) is 0 Å². The average Bonchev–Trinajstić information content (AvgIpc) is 3.74. The van der Waals surface area contributed by atoms with Crippen molar-refractivity contribution in [3.8, 4) is 11.4 Å². The number of pyridine rings is 1. The van der Waals surface area contributed by atoms with E-state index in [2.05, 4.69) is 113 Å². The van der Waals surface area contributed by atoms with Crippen molar-refractivity contribution < 1.29 is 0 Å². The highest BCUT2D eigenvalue weighted by molar-refractivity contribution is 6.09. The molecule has 0 saturated carbocycles. The van der Waals surface area contributed by atoms with E-state index in [-0.39, 0.29) is 5.41 Å². The van der Waals surface area contributed by atoms with Gasteiger partial charge < -0.3 is 4.57 Å². The first kappa shape index (κ1) is 22.1. The molecule has 3 heterocycles. The molecule has 0 atom stereocenters. The van der Waals surface area contributed by atoms with Crippen molar-refractivity contribution in [2.24, 2.45) is 0 Å². The fraction of sp³-hybridized carbons (Fsp3) is 0.0857. The molecule has 4 aromatic carbocycles. The van der Waals surface area contributed by atoms with Crippen LogP contribution >= 0.6 is 0 Å². The normalized spacial score (nSPS) is 14.2. The number of aromatic nitrogens is 4. The number of rotatable bonds is 4. The van der Waals surface area contributed by atoms with E-state index in [0.29, 0.717) is 0 Å². The Hall–Kier alpha value is -4.96. The van der Waals surface area contributed by atoms with Crippen LogP contribution in [0.15, 0.2) is 134 Å². The average molecular weight is 503 g/mol. The monoisotopic (exact) mass is 502 g/mol. The molecule has 0 aliphatic heterocycles. The Bertz CT molecular complexity index is 1940. The van der Waals surface area contributed by atoms with Crippen molar-refractivity contribution in [2.45, 2.75) is 18.3 Å². The Morgan fingerprint density at radius 2 is 1.38 bits per heavy atom. The fourth-order valence-corrected chi connectivity index (χ4v) is 6.54. The van der Waals surface area contributed by atoms with Crippen LogP contribution in [-0.2, 0) is 18.3 Å². The predicted molar refractivity (Wildman–Crippen MR) is 157 cm³/mol. The zero-order valence-electron chi connectivity index (χ0n) is 21.4. The van der Waals surface area contributed by atoms with Gasteiger partial charge in [0.15, 0.2) is 0 Å². The van der Waals surface area contributed by atoms with Gasteiger partial charge in [-0.1, -0.05) is 66.7 Å². The Kier molecular flexibility index (Phi) is 4.83. The van der Waals surface area contributed by atoms with Gasteiger partial charge >= 0.3 is 0 Å². The minimum absolute atomic E-state index is 0.208. The molecule has 1 aliphatic rings. The Labute approximate surface area is 226 Å². The summed E-state index contributed by atoms with van der Waals surface area (Å²) < 4.78 is 4.32. The first-order valence-electron chi connectivity index (χ1n) is 13.4. The first-order chi connectivity index (χ1) is 19.3. The van der Waals surface area contributed by atoms with Gasteiger partial charge in [-0.3, -0.25) is 4.98 Å². The third-order valence-corrected chi connectivity index (χ3v) is 8.34. The van der Waals surface area contributed by atoms with E-state index < -0.39 is 0 Å². The molecule has 7 aromatic rings. The lowest BCUT2D eigenvalue weighted by Gasteiger charge is -2.30. The molecule has 0 fully saturated rings. The second kappa shape index (κ2) is 8.53. The van der Waals surface area contributed by atoms with Gasteiger partial charge in [0.25, 0.3) is 0 Å². The molecular weight excluding hydrogens is 476 g/mol. The maximum atomic E-state index is 4.91. The third kappa shape index (κ3) is 3.38. The summed E-state index contributed by atoms with van der Waals surface area (Å²) in [5, 5.41) is 6.96. The number of para-hydroxylation sites is 1. The molecule has 0 amide bonds. The summed E-state index contributed by atoms with van der Waals surface area (Å²) in [4.78, 5) is 4.91. The van der Waals surface area contributed by atoms with E-state index in [1.54, 1.807) is 0 Å². The van der Waals surface area contributed by atoms with Crippen molar-refractivity contribution >= 4 is 21.8 Å². The summed E-state index contributed by atoms with van der Waals surface area (Å²) in [5.41, 5.74) is 9.60. The second-order valence-electron chi connectivity index (χ2n) is 10.5. The van der Waals surface area contributed by atoms with Gasteiger partial charge in [-0.05, 0) is 78.1 Å². The molecule has 4 heteroatoms. The second-order valence-corrected chi connectivity index (χ2v) is 10.5. The first-order valence-corrected chi connectivity index (χ1v) is 13.4. The summed E-state index contributed by atoms with van der Waals surface area (Å²) in [6.07, 6.45) is 7.62. The smallest absolute Gasteiger partial charge is 0.0666 e. The predicted octanol–water partition coefficient (Wildman–Crippen LogP) is 7.45. The highest BCUT2D eigenvalue weighted by Crippen LogP contribution is 2.45. The Morgan fingerprint density at radius 3 is 2.18 bits per heavy atom. The van der Waals surface area contributed by atoms with Crippen LogP contribution < -0.4 is 0 Å². The summed E-state index contributed by atoms with van der Waals surface area (Å²) in [7, 11) is 0. The van der Waals surface area contributed by atoms with Crippen LogP contribution in [0.5, 0.6) is 0 Å². The lowest BCUT2D eigenvalue weighted by molar-refractivity contribution is 0.530. The lowest BCUT2D eigenvalue weighted by atomic mass is 9.74. The van der Waals surface area contributed by atoms with E-state index >= 15 is 0 Å². The number of nitrogens with zero attached hydrogens (tertiary/aromatic N) is 4. The number of benzene rings is 4. The number of fused-ring (bicyclic) bond motifs is 4. The largest absolute Gasteiger partial charge is 0.309 e. The van der Waals surface area contributed by atoms with Crippen LogP contribution in [0.4, 0.5) is 0 Å². The molecule has 4 nitrogen and oxygen atoms in total. The van der Waals surface area contributed by atoms with Crippen molar-refractivity contribution in [2.75, 3.05) is 0 Å². The molecule has 3 aromatic heterocycles. The zero-order valence-corrected chi connectivity index (χ0v) is 21.4. The highest BCUT2D eigenvalue weighted by Gasteiger charge is 2.41. The van der Waals surface area contributed by atoms with Crippen LogP contribution in [0.1, 0.15) is 22.4 Å². The summed E-state index contributed by atoms with van der Waals surface area (Å²) >= 11 is 0. The van der Waals surface area contributed by atoms with E-state index in [9.17, 15) is 0 Å². The van der Waals surface area contributed by atoms with E-state index in [4.69, 9.17) is 4.98 Å². The quantitative estimate of drug-likeness (QED) is 0.251. The van der Waals surface area contributed by atoms with E-state index in [1.807, 2.05) is 35.4 Å². The van der Waals surface area contributed by atoms with Gasteiger partial charge in [0.2, 0.25) is 0 Å².